The van der Waals surface area contributed by atoms with Crippen LogP contribution >= 0.6 is 35.0 Å². The molecule has 156 valence electrons. The zero-order chi connectivity index (χ0) is 21.4. The van der Waals surface area contributed by atoms with Crippen molar-refractivity contribution in [3.63, 3.8) is 0 Å². The van der Waals surface area contributed by atoms with Crippen LogP contribution in [0.2, 0.25) is 10.0 Å². The van der Waals surface area contributed by atoms with Crippen molar-refractivity contribution < 1.29 is 14.0 Å². The van der Waals surface area contributed by atoms with Crippen molar-refractivity contribution in [1.29, 1.82) is 0 Å². The second-order valence-corrected chi connectivity index (χ2v) is 8.14. The van der Waals surface area contributed by atoms with Crippen molar-refractivity contribution in [2.45, 2.75) is 31.7 Å². The third kappa shape index (κ3) is 6.36. The van der Waals surface area contributed by atoms with Gasteiger partial charge >= 0.3 is 0 Å². The smallest absolute Gasteiger partial charge is 0.242 e. The summed E-state index contributed by atoms with van der Waals surface area (Å²) in [5, 5.41) is 3.46. The number of nitrogens with zero attached hydrogens (tertiary/aromatic N) is 1. The van der Waals surface area contributed by atoms with E-state index in [0.717, 1.165) is 0 Å². The van der Waals surface area contributed by atoms with Crippen LogP contribution in [0.25, 0.3) is 0 Å². The molecular formula is C21H23Cl2FN2O2S. The molecule has 0 heterocycles. The number of benzene rings is 2. The fourth-order valence-corrected chi connectivity index (χ4v) is 4.30. The Hall–Kier alpha value is -1.76. The van der Waals surface area contributed by atoms with Gasteiger partial charge < -0.3 is 10.2 Å². The van der Waals surface area contributed by atoms with Gasteiger partial charge in [-0.15, -0.1) is 11.8 Å². The third-order valence-corrected chi connectivity index (χ3v) is 6.14. The van der Waals surface area contributed by atoms with Crippen LogP contribution in [0.3, 0.4) is 0 Å². The van der Waals surface area contributed by atoms with Crippen LogP contribution in [-0.2, 0) is 21.9 Å². The topological polar surface area (TPSA) is 49.4 Å². The van der Waals surface area contributed by atoms with Crippen molar-refractivity contribution in [3.8, 4) is 0 Å². The maximum Gasteiger partial charge on any atom is 0.242 e. The molecule has 0 aliphatic heterocycles. The van der Waals surface area contributed by atoms with E-state index in [0.29, 0.717) is 33.3 Å². The van der Waals surface area contributed by atoms with E-state index in [2.05, 4.69) is 5.32 Å². The SMILES string of the molecule is CC[C@H](C(=O)NC)N(Cc1c(Cl)cccc1Cl)C(=O)CSCc1ccccc1F. The van der Waals surface area contributed by atoms with Crippen LogP contribution in [0, 0.1) is 5.82 Å². The Morgan fingerprint density at radius 2 is 1.79 bits per heavy atom. The fraction of sp³-hybridized carbons (Fsp3) is 0.333. The number of carbonyl (C=O) groups excluding carboxylic acids is 2. The third-order valence-electron chi connectivity index (χ3n) is 4.46. The molecule has 0 aromatic heterocycles. The van der Waals surface area contributed by atoms with E-state index in [9.17, 15) is 14.0 Å². The summed E-state index contributed by atoms with van der Waals surface area (Å²) in [7, 11) is 1.53. The summed E-state index contributed by atoms with van der Waals surface area (Å²) in [4.78, 5) is 26.9. The van der Waals surface area contributed by atoms with E-state index in [-0.39, 0.29) is 29.9 Å². The van der Waals surface area contributed by atoms with Gasteiger partial charge in [0.05, 0.1) is 5.75 Å². The summed E-state index contributed by atoms with van der Waals surface area (Å²) in [6.07, 6.45) is 0.436. The first-order valence-electron chi connectivity index (χ1n) is 9.14. The molecule has 0 fully saturated rings. The maximum absolute atomic E-state index is 13.8. The Morgan fingerprint density at radius 3 is 2.38 bits per heavy atom. The highest BCUT2D eigenvalue weighted by molar-refractivity contribution is 7.99. The number of amides is 2. The molecule has 2 amide bonds. The fourth-order valence-electron chi connectivity index (χ4n) is 2.89. The lowest BCUT2D eigenvalue weighted by molar-refractivity contribution is -0.139. The number of likely N-dealkylation sites (N-methyl/N-ethyl adjacent to an activating group) is 1. The van der Waals surface area contributed by atoms with Gasteiger partial charge in [0.1, 0.15) is 11.9 Å². The van der Waals surface area contributed by atoms with Gasteiger partial charge in [-0.05, 0) is 30.2 Å². The Balaban J connectivity index is 2.18. The van der Waals surface area contributed by atoms with Crippen LogP contribution in [0.1, 0.15) is 24.5 Å². The lowest BCUT2D eigenvalue weighted by Gasteiger charge is -2.30. The number of hydrogen-bond donors (Lipinski definition) is 1. The highest BCUT2D eigenvalue weighted by Gasteiger charge is 2.29. The average molecular weight is 457 g/mol. The highest BCUT2D eigenvalue weighted by Crippen LogP contribution is 2.27. The van der Waals surface area contributed by atoms with Crippen molar-refractivity contribution in [1.82, 2.24) is 10.2 Å². The van der Waals surface area contributed by atoms with Gasteiger partial charge in [-0.2, -0.15) is 0 Å². The first kappa shape index (κ1) is 23.5. The number of halogens is 3. The molecule has 0 spiro atoms. The monoisotopic (exact) mass is 456 g/mol. The van der Waals surface area contributed by atoms with Gasteiger partial charge in [-0.3, -0.25) is 9.59 Å². The second-order valence-electron chi connectivity index (χ2n) is 6.34. The molecule has 2 rings (SSSR count). The van der Waals surface area contributed by atoms with Gasteiger partial charge in [0, 0.05) is 35.0 Å². The van der Waals surface area contributed by atoms with Gasteiger partial charge in [0.15, 0.2) is 0 Å². The molecule has 1 atom stereocenters. The largest absolute Gasteiger partial charge is 0.357 e. The molecule has 0 radical (unpaired) electrons. The number of carbonyl (C=O) groups is 2. The van der Waals surface area contributed by atoms with Gasteiger partial charge in [0.25, 0.3) is 0 Å². The standard InChI is InChI=1S/C21H23Cl2FN2O2S/c1-3-19(21(28)25-2)26(11-15-16(22)8-6-9-17(15)23)20(27)13-29-12-14-7-4-5-10-18(14)24/h4-10,19H,3,11-13H2,1-2H3,(H,25,28)/t19-/m1/s1. The summed E-state index contributed by atoms with van der Waals surface area (Å²) < 4.78 is 13.8. The molecule has 4 nitrogen and oxygen atoms in total. The van der Waals surface area contributed by atoms with Gasteiger partial charge in [0.2, 0.25) is 11.8 Å². The van der Waals surface area contributed by atoms with Gasteiger partial charge in [-0.1, -0.05) is 54.4 Å². The Bertz CT molecular complexity index is 846. The molecule has 0 unspecified atom stereocenters. The van der Waals surface area contributed by atoms with E-state index in [4.69, 9.17) is 23.2 Å². The summed E-state index contributed by atoms with van der Waals surface area (Å²) in [5.74, 6) is -0.343. The molecule has 0 bridgehead atoms. The summed E-state index contributed by atoms with van der Waals surface area (Å²) in [5.41, 5.74) is 1.12. The van der Waals surface area contributed by atoms with E-state index in [1.807, 2.05) is 6.92 Å². The minimum absolute atomic E-state index is 0.101. The lowest BCUT2D eigenvalue weighted by Crippen LogP contribution is -2.48. The summed E-state index contributed by atoms with van der Waals surface area (Å²) >= 11 is 13.8. The average Bonchev–Trinajstić information content (AvgIpc) is 2.71. The van der Waals surface area contributed by atoms with Crippen LogP contribution in [0.4, 0.5) is 4.39 Å². The van der Waals surface area contributed by atoms with Crippen molar-refractivity contribution >= 4 is 46.8 Å². The predicted octanol–water partition coefficient (Wildman–Crippen LogP) is 4.92. The Labute approximate surface area is 184 Å². The number of nitrogens with one attached hydrogen (secondary N) is 1. The molecule has 2 aromatic carbocycles. The molecule has 1 N–H and O–H groups in total. The highest BCUT2D eigenvalue weighted by atomic mass is 35.5. The minimum atomic E-state index is -0.658. The number of hydrogen-bond acceptors (Lipinski definition) is 3. The molecule has 0 aliphatic rings. The van der Waals surface area contributed by atoms with Crippen LogP contribution in [-0.4, -0.2) is 35.6 Å². The first-order valence-corrected chi connectivity index (χ1v) is 11.0. The van der Waals surface area contributed by atoms with Crippen molar-refractivity contribution in [2.24, 2.45) is 0 Å². The van der Waals surface area contributed by atoms with E-state index >= 15 is 0 Å². The quantitative estimate of drug-likeness (QED) is 0.582. The van der Waals surface area contributed by atoms with E-state index in [1.165, 1.54) is 29.8 Å². The Kier molecular flexibility index (Phi) is 9.27. The van der Waals surface area contributed by atoms with E-state index < -0.39 is 6.04 Å². The number of thioether (sulfide) groups is 1. The van der Waals surface area contributed by atoms with Crippen LogP contribution in [0.15, 0.2) is 42.5 Å². The molecule has 8 heteroatoms. The van der Waals surface area contributed by atoms with E-state index in [1.54, 1.807) is 36.4 Å². The number of rotatable bonds is 9. The molecular weight excluding hydrogens is 434 g/mol. The molecule has 0 saturated heterocycles. The molecule has 0 aliphatic carbocycles. The zero-order valence-corrected chi connectivity index (χ0v) is 18.6. The zero-order valence-electron chi connectivity index (χ0n) is 16.3. The second kappa shape index (κ2) is 11.4. The molecule has 0 saturated carbocycles. The van der Waals surface area contributed by atoms with Crippen molar-refractivity contribution in [2.75, 3.05) is 12.8 Å². The van der Waals surface area contributed by atoms with Crippen LogP contribution < -0.4 is 5.32 Å². The Morgan fingerprint density at radius 1 is 1.14 bits per heavy atom. The first-order chi connectivity index (χ1) is 13.9. The maximum atomic E-state index is 13.8. The minimum Gasteiger partial charge on any atom is -0.357 e. The lowest BCUT2D eigenvalue weighted by atomic mass is 10.1. The summed E-state index contributed by atoms with van der Waals surface area (Å²) in [6, 6.07) is 10.9. The summed E-state index contributed by atoms with van der Waals surface area (Å²) in [6.45, 7) is 1.95. The molecule has 29 heavy (non-hydrogen) atoms. The predicted molar refractivity (Wildman–Crippen MR) is 118 cm³/mol. The molecule has 2 aromatic rings. The van der Waals surface area contributed by atoms with Gasteiger partial charge in [-0.25, -0.2) is 4.39 Å². The normalized spacial score (nSPS) is 11.8. The van der Waals surface area contributed by atoms with Crippen molar-refractivity contribution in [3.05, 3.63) is 69.5 Å². The van der Waals surface area contributed by atoms with Crippen LogP contribution in [0.5, 0.6) is 0 Å².